The van der Waals surface area contributed by atoms with Crippen LogP contribution in [-0.2, 0) is 11.2 Å². The van der Waals surface area contributed by atoms with Crippen molar-refractivity contribution in [2.75, 3.05) is 26.2 Å². The summed E-state index contributed by atoms with van der Waals surface area (Å²) < 4.78 is 18.5. The van der Waals surface area contributed by atoms with Gasteiger partial charge in [-0.05, 0) is 50.3 Å². The Hall–Kier alpha value is -0.890. The molecule has 0 spiro atoms. The lowest BCUT2D eigenvalue weighted by atomic mass is 10.1. The van der Waals surface area contributed by atoms with Gasteiger partial charge in [-0.2, -0.15) is 0 Å². The van der Waals surface area contributed by atoms with Crippen LogP contribution in [0, 0.1) is 5.82 Å². The van der Waals surface area contributed by atoms with Crippen molar-refractivity contribution in [2.45, 2.75) is 38.7 Å². The zero-order valence-electron chi connectivity index (χ0n) is 13.7. The molecule has 1 aliphatic heterocycles. The Labute approximate surface area is 155 Å². The molecule has 0 amide bonds. The molecule has 4 nitrogen and oxygen atoms in total. The van der Waals surface area contributed by atoms with Gasteiger partial charge in [0.1, 0.15) is 5.82 Å². The summed E-state index contributed by atoms with van der Waals surface area (Å²) in [5.74, 6) is 0.642. The maximum Gasteiger partial charge on any atom is 0.191 e. The molecule has 1 heterocycles. The van der Waals surface area contributed by atoms with Crippen molar-refractivity contribution in [3.63, 3.8) is 0 Å². The van der Waals surface area contributed by atoms with Gasteiger partial charge < -0.3 is 15.4 Å². The molecule has 1 saturated heterocycles. The summed E-state index contributed by atoms with van der Waals surface area (Å²) in [6, 6.07) is 6.63. The molecule has 0 aliphatic carbocycles. The second-order valence-corrected chi connectivity index (χ2v) is 5.49. The molecule has 1 atom stereocenters. The molecule has 23 heavy (non-hydrogen) atoms. The summed E-state index contributed by atoms with van der Waals surface area (Å²) in [6.07, 6.45) is 4.53. The van der Waals surface area contributed by atoms with Gasteiger partial charge in [0, 0.05) is 26.2 Å². The first kappa shape index (κ1) is 20.2. The highest BCUT2D eigenvalue weighted by molar-refractivity contribution is 14.0. The van der Waals surface area contributed by atoms with Gasteiger partial charge in [-0.15, -0.1) is 24.0 Å². The van der Waals surface area contributed by atoms with Crippen LogP contribution in [0.1, 0.15) is 31.7 Å². The van der Waals surface area contributed by atoms with Crippen molar-refractivity contribution in [1.82, 2.24) is 10.6 Å². The fourth-order valence-electron chi connectivity index (χ4n) is 2.51. The summed E-state index contributed by atoms with van der Waals surface area (Å²) in [5, 5.41) is 6.55. The van der Waals surface area contributed by atoms with Crippen LogP contribution < -0.4 is 10.6 Å². The number of aliphatic imine (C=N–C) groups is 1. The minimum absolute atomic E-state index is 0. The first-order chi connectivity index (χ1) is 10.8. The average molecular weight is 435 g/mol. The third-order valence-electron chi connectivity index (χ3n) is 3.71. The van der Waals surface area contributed by atoms with E-state index in [1.807, 2.05) is 12.1 Å². The molecular formula is C17H27FIN3O. The molecule has 0 radical (unpaired) electrons. The van der Waals surface area contributed by atoms with E-state index in [0.29, 0.717) is 6.10 Å². The summed E-state index contributed by atoms with van der Waals surface area (Å²) in [6.45, 7) is 5.33. The van der Waals surface area contributed by atoms with Gasteiger partial charge in [0.05, 0.1) is 6.10 Å². The van der Waals surface area contributed by atoms with E-state index in [0.717, 1.165) is 57.0 Å². The topological polar surface area (TPSA) is 45.7 Å². The van der Waals surface area contributed by atoms with E-state index in [9.17, 15) is 4.39 Å². The second-order valence-electron chi connectivity index (χ2n) is 5.49. The lowest BCUT2D eigenvalue weighted by Crippen LogP contribution is -2.38. The van der Waals surface area contributed by atoms with Gasteiger partial charge in [0.15, 0.2) is 5.96 Å². The van der Waals surface area contributed by atoms with Crippen molar-refractivity contribution in [3.05, 3.63) is 35.6 Å². The highest BCUT2D eigenvalue weighted by Gasteiger charge is 2.14. The minimum atomic E-state index is -0.194. The number of hydrogen-bond donors (Lipinski definition) is 2. The fraction of sp³-hybridized carbons (Fsp3) is 0.588. The largest absolute Gasteiger partial charge is 0.378 e. The van der Waals surface area contributed by atoms with Crippen LogP contribution >= 0.6 is 24.0 Å². The van der Waals surface area contributed by atoms with E-state index in [4.69, 9.17) is 4.74 Å². The normalized spacial score (nSPS) is 17.7. The van der Waals surface area contributed by atoms with Crippen LogP contribution in [0.25, 0.3) is 0 Å². The molecule has 1 aromatic rings. The summed E-state index contributed by atoms with van der Waals surface area (Å²) >= 11 is 0. The predicted molar refractivity (Wildman–Crippen MR) is 103 cm³/mol. The number of benzene rings is 1. The number of ether oxygens (including phenoxy) is 1. The Morgan fingerprint density at radius 1 is 1.30 bits per heavy atom. The first-order valence-corrected chi connectivity index (χ1v) is 8.16. The molecule has 0 saturated carbocycles. The van der Waals surface area contributed by atoms with Crippen LogP contribution in [-0.4, -0.2) is 38.3 Å². The van der Waals surface area contributed by atoms with Crippen molar-refractivity contribution in [2.24, 2.45) is 4.99 Å². The van der Waals surface area contributed by atoms with E-state index in [2.05, 4.69) is 22.5 Å². The third kappa shape index (κ3) is 7.97. The number of hydrogen-bond acceptors (Lipinski definition) is 2. The van der Waals surface area contributed by atoms with Gasteiger partial charge in [-0.3, -0.25) is 4.99 Å². The molecule has 0 aromatic heterocycles. The van der Waals surface area contributed by atoms with Gasteiger partial charge in [-0.25, -0.2) is 4.39 Å². The predicted octanol–water partition coefficient (Wildman–Crippen LogP) is 3.11. The van der Waals surface area contributed by atoms with Crippen LogP contribution in [0.3, 0.4) is 0 Å². The summed E-state index contributed by atoms with van der Waals surface area (Å²) in [7, 11) is 0. The maximum atomic E-state index is 12.8. The highest BCUT2D eigenvalue weighted by atomic mass is 127. The van der Waals surface area contributed by atoms with E-state index in [-0.39, 0.29) is 29.8 Å². The monoisotopic (exact) mass is 435 g/mol. The zero-order valence-corrected chi connectivity index (χ0v) is 16.0. The zero-order chi connectivity index (χ0) is 15.6. The number of guanidine groups is 1. The number of nitrogens with zero attached hydrogens (tertiary/aromatic N) is 1. The Balaban J connectivity index is 0.00000264. The Morgan fingerprint density at radius 2 is 2.09 bits per heavy atom. The Bertz CT molecular complexity index is 461. The maximum absolute atomic E-state index is 12.8. The van der Waals surface area contributed by atoms with Gasteiger partial charge in [0.25, 0.3) is 0 Å². The summed E-state index contributed by atoms with van der Waals surface area (Å²) in [5.41, 5.74) is 1.11. The molecule has 0 bridgehead atoms. The summed E-state index contributed by atoms with van der Waals surface area (Å²) in [4.78, 5) is 4.58. The van der Waals surface area contributed by atoms with Crippen molar-refractivity contribution in [1.29, 1.82) is 0 Å². The molecule has 1 aromatic carbocycles. The fourth-order valence-corrected chi connectivity index (χ4v) is 2.51. The van der Waals surface area contributed by atoms with Crippen molar-refractivity contribution in [3.8, 4) is 0 Å². The van der Waals surface area contributed by atoms with Crippen LogP contribution in [0.4, 0.5) is 4.39 Å². The van der Waals surface area contributed by atoms with E-state index in [1.165, 1.54) is 18.6 Å². The molecule has 130 valence electrons. The molecule has 1 fully saturated rings. The smallest absolute Gasteiger partial charge is 0.191 e. The van der Waals surface area contributed by atoms with Crippen molar-refractivity contribution < 1.29 is 9.13 Å². The lowest BCUT2D eigenvalue weighted by molar-refractivity contribution is 0.106. The highest BCUT2D eigenvalue weighted by Crippen LogP contribution is 2.14. The van der Waals surface area contributed by atoms with Gasteiger partial charge in [0.2, 0.25) is 0 Å². The molecule has 6 heteroatoms. The molecule has 1 unspecified atom stereocenters. The number of nitrogens with one attached hydrogen (secondary N) is 2. The lowest BCUT2D eigenvalue weighted by Gasteiger charge is -2.12. The molecule has 2 rings (SSSR count). The van der Waals surface area contributed by atoms with Crippen LogP contribution in [0.2, 0.25) is 0 Å². The third-order valence-corrected chi connectivity index (χ3v) is 3.71. The molecular weight excluding hydrogens is 408 g/mol. The SMILES string of the molecule is CCNC(=NCCC1CCCO1)NCCc1ccc(F)cc1.I. The van der Waals surface area contributed by atoms with E-state index < -0.39 is 0 Å². The average Bonchev–Trinajstić information content (AvgIpc) is 3.02. The standard InChI is InChI=1S/C17H26FN3O.HI/c1-2-19-17(21-12-10-16-4-3-13-22-16)20-11-9-14-5-7-15(18)8-6-14;/h5-8,16H,2-4,9-13H2,1H3,(H2,19,20,21);1H. The van der Waals surface area contributed by atoms with E-state index >= 15 is 0 Å². The van der Waals surface area contributed by atoms with Gasteiger partial charge >= 0.3 is 0 Å². The van der Waals surface area contributed by atoms with E-state index in [1.54, 1.807) is 0 Å². The first-order valence-electron chi connectivity index (χ1n) is 8.16. The minimum Gasteiger partial charge on any atom is -0.378 e. The Kier molecular flexibility index (Phi) is 10.2. The van der Waals surface area contributed by atoms with Crippen LogP contribution in [0.5, 0.6) is 0 Å². The molecule has 2 N–H and O–H groups in total. The number of rotatable bonds is 7. The van der Waals surface area contributed by atoms with Crippen LogP contribution in [0.15, 0.2) is 29.3 Å². The molecule has 1 aliphatic rings. The Morgan fingerprint density at radius 3 is 2.74 bits per heavy atom. The second kappa shape index (κ2) is 11.6. The van der Waals surface area contributed by atoms with Crippen molar-refractivity contribution >= 4 is 29.9 Å². The quantitative estimate of drug-likeness (QED) is 0.393. The number of halogens is 2. The van der Waals surface area contributed by atoms with Gasteiger partial charge in [-0.1, -0.05) is 12.1 Å².